The Bertz CT molecular complexity index is 1170. The van der Waals surface area contributed by atoms with Crippen molar-refractivity contribution in [3.8, 4) is 17.1 Å². The quantitative estimate of drug-likeness (QED) is 0.459. The van der Waals surface area contributed by atoms with Crippen LogP contribution in [0, 0.1) is 0 Å². The first-order valence-corrected chi connectivity index (χ1v) is 9.07. The maximum absolute atomic E-state index is 11.4. The first-order chi connectivity index (χ1) is 11.4. The molecule has 0 saturated carbocycles. The molecule has 0 atom stereocenters. The van der Waals surface area contributed by atoms with Crippen LogP contribution in [-0.2, 0) is 10.0 Å². The molecule has 0 unspecified atom stereocenters. The maximum Gasteiger partial charge on any atom is 0.229 e. The number of sulfonamides is 1. The van der Waals surface area contributed by atoms with Gasteiger partial charge in [0.1, 0.15) is 5.65 Å². The van der Waals surface area contributed by atoms with Gasteiger partial charge in [-0.15, -0.1) is 0 Å². The molecule has 24 heavy (non-hydrogen) atoms. The van der Waals surface area contributed by atoms with E-state index in [1.807, 2.05) is 18.2 Å². The van der Waals surface area contributed by atoms with Gasteiger partial charge in [-0.3, -0.25) is 4.72 Å². The van der Waals surface area contributed by atoms with Crippen molar-refractivity contribution in [3.05, 3.63) is 42.6 Å². The van der Waals surface area contributed by atoms with Gasteiger partial charge in [-0.2, -0.15) is 0 Å². The molecule has 0 aliphatic heterocycles. The number of nitrogens with one attached hydrogen (secondary N) is 3. The Labute approximate surface area is 137 Å². The number of hydrogen-bond acceptors (Lipinski definition) is 4. The molecule has 0 aliphatic rings. The van der Waals surface area contributed by atoms with E-state index in [2.05, 4.69) is 19.7 Å². The zero-order chi connectivity index (χ0) is 16.9. The summed E-state index contributed by atoms with van der Waals surface area (Å²) in [6.45, 7) is 0. The summed E-state index contributed by atoms with van der Waals surface area (Å²) in [4.78, 5) is 10.4. The minimum Gasteiger partial charge on any atom is -0.494 e. The van der Waals surface area contributed by atoms with Gasteiger partial charge in [0.15, 0.2) is 5.88 Å². The Morgan fingerprint density at radius 2 is 2.00 bits per heavy atom. The Balaban J connectivity index is 1.92. The number of fused-ring (bicyclic) bond motifs is 2. The third kappa shape index (κ3) is 2.46. The first-order valence-electron chi connectivity index (χ1n) is 7.18. The van der Waals surface area contributed by atoms with E-state index < -0.39 is 10.0 Å². The summed E-state index contributed by atoms with van der Waals surface area (Å²) in [5.41, 5.74) is 2.94. The van der Waals surface area contributed by atoms with Crippen molar-refractivity contribution < 1.29 is 13.5 Å². The van der Waals surface area contributed by atoms with E-state index in [1.165, 1.54) is 0 Å². The SMILES string of the molecule is CS(=O)(=O)Nc1ccc2[nH]c(O)c(-c3ccc4cc[nH]c4n3)c2c1. The molecule has 122 valence electrons. The highest BCUT2D eigenvalue weighted by molar-refractivity contribution is 7.92. The topological polar surface area (TPSA) is 111 Å². The van der Waals surface area contributed by atoms with E-state index >= 15 is 0 Å². The minimum atomic E-state index is -3.38. The number of rotatable bonds is 3. The van der Waals surface area contributed by atoms with Crippen molar-refractivity contribution in [2.45, 2.75) is 0 Å². The van der Waals surface area contributed by atoms with Crippen molar-refractivity contribution in [2.75, 3.05) is 11.0 Å². The monoisotopic (exact) mass is 342 g/mol. The van der Waals surface area contributed by atoms with Gasteiger partial charge < -0.3 is 15.1 Å². The Morgan fingerprint density at radius 1 is 1.17 bits per heavy atom. The molecule has 0 saturated heterocycles. The van der Waals surface area contributed by atoms with E-state index in [9.17, 15) is 13.5 Å². The van der Waals surface area contributed by atoms with Gasteiger partial charge >= 0.3 is 0 Å². The number of anilines is 1. The number of aromatic amines is 2. The Morgan fingerprint density at radius 3 is 2.79 bits per heavy atom. The van der Waals surface area contributed by atoms with Crippen molar-refractivity contribution >= 4 is 37.6 Å². The molecule has 0 radical (unpaired) electrons. The fourth-order valence-corrected chi connectivity index (χ4v) is 3.34. The summed E-state index contributed by atoms with van der Waals surface area (Å²) in [5, 5.41) is 11.9. The summed E-state index contributed by atoms with van der Waals surface area (Å²) >= 11 is 0. The molecular formula is C16H14N4O3S. The molecule has 7 nitrogen and oxygen atoms in total. The highest BCUT2D eigenvalue weighted by Gasteiger charge is 2.16. The zero-order valence-electron chi connectivity index (χ0n) is 12.7. The van der Waals surface area contributed by atoms with Crippen LogP contribution in [0.25, 0.3) is 33.2 Å². The molecule has 3 heterocycles. The molecule has 4 N–H and O–H groups in total. The van der Waals surface area contributed by atoms with Crippen molar-refractivity contribution in [1.29, 1.82) is 0 Å². The van der Waals surface area contributed by atoms with Crippen LogP contribution >= 0.6 is 0 Å². The van der Waals surface area contributed by atoms with Crippen LogP contribution in [0.2, 0.25) is 0 Å². The zero-order valence-corrected chi connectivity index (χ0v) is 13.5. The van der Waals surface area contributed by atoms with Crippen molar-refractivity contribution in [1.82, 2.24) is 15.0 Å². The number of pyridine rings is 1. The van der Waals surface area contributed by atoms with E-state index in [4.69, 9.17) is 0 Å². The van der Waals surface area contributed by atoms with E-state index in [1.54, 1.807) is 24.4 Å². The molecule has 3 aromatic heterocycles. The number of aromatic nitrogens is 3. The van der Waals surface area contributed by atoms with Gasteiger partial charge in [0.25, 0.3) is 0 Å². The van der Waals surface area contributed by atoms with E-state index in [0.717, 1.165) is 11.6 Å². The molecule has 0 amide bonds. The van der Waals surface area contributed by atoms with Crippen molar-refractivity contribution in [2.24, 2.45) is 0 Å². The standard InChI is InChI=1S/C16H14N4O3S/c1-24(22,23)20-10-3-5-12-11(8-10)14(16(21)19-12)13-4-2-9-6-7-17-15(9)18-13/h2-8,19-21H,1H3,(H,17,18). The number of benzene rings is 1. The lowest BCUT2D eigenvalue weighted by Crippen LogP contribution is -2.09. The molecule has 0 bridgehead atoms. The van der Waals surface area contributed by atoms with Crippen LogP contribution in [0.1, 0.15) is 0 Å². The molecule has 1 aromatic carbocycles. The second kappa shape index (κ2) is 5.00. The number of H-pyrrole nitrogens is 2. The third-order valence-corrected chi connectivity index (χ3v) is 4.35. The molecule has 0 aliphatic carbocycles. The number of nitrogens with zero attached hydrogens (tertiary/aromatic N) is 1. The third-order valence-electron chi connectivity index (χ3n) is 3.75. The minimum absolute atomic E-state index is 0.0140. The summed E-state index contributed by atoms with van der Waals surface area (Å²) in [6.07, 6.45) is 2.89. The predicted molar refractivity (Wildman–Crippen MR) is 93.5 cm³/mol. The largest absolute Gasteiger partial charge is 0.494 e. The number of hydrogen-bond donors (Lipinski definition) is 4. The highest BCUT2D eigenvalue weighted by atomic mass is 32.2. The van der Waals surface area contributed by atoms with Crippen LogP contribution in [0.3, 0.4) is 0 Å². The second-order valence-electron chi connectivity index (χ2n) is 5.60. The molecule has 4 rings (SSSR count). The normalized spacial score (nSPS) is 12.0. The lowest BCUT2D eigenvalue weighted by molar-refractivity contribution is 0.460. The summed E-state index contributed by atoms with van der Waals surface area (Å²) in [6, 6.07) is 10.6. The van der Waals surface area contributed by atoms with Gasteiger partial charge in [-0.05, 0) is 36.4 Å². The average molecular weight is 342 g/mol. The van der Waals surface area contributed by atoms with Gasteiger partial charge in [0.05, 0.1) is 17.5 Å². The van der Waals surface area contributed by atoms with Gasteiger partial charge in [0.2, 0.25) is 10.0 Å². The Hall–Kier alpha value is -3.00. The van der Waals surface area contributed by atoms with E-state index in [-0.39, 0.29) is 5.88 Å². The average Bonchev–Trinajstić information content (AvgIpc) is 3.07. The molecule has 0 fully saturated rings. The van der Waals surface area contributed by atoms with E-state index in [0.29, 0.717) is 33.5 Å². The van der Waals surface area contributed by atoms with Crippen LogP contribution in [-0.4, -0.2) is 34.7 Å². The van der Waals surface area contributed by atoms with Crippen molar-refractivity contribution in [3.63, 3.8) is 0 Å². The van der Waals surface area contributed by atoms with Crippen LogP contribution < -0.4 is 4.72 Å². The predicted octanol–water partition coefficient (Wildman–Crippen LogP) is 2.79. The van der Waals surface area contributed by atoms with Crippen LogP contribution in [0.15, 0.2) is 42.6 Å². The fourth-order valence-electron chi connectivity index (χ4n) is 2.78. The summed E-state index contributed by atoms with van der Waals surface area (Å²) in [7, 11) is -3.38. The smallest absolute Gasteiger partial charge is 0.229 e. The number of aromatic hydroxyl groups is 1. The molecule has 8 heteroatoms. The van der Waals surface area contributed by atoms with Gasteiger partial charge in [-0.25, -0.2) is 13.4 Å². The van der Waals surface area contributed by atoms with Crippen LogP contribution in [0.5, 0.6) is 5.88 Å². The molecule has 4 aromatic rings. The second-order valence-corrected chi connectivity index (χ2v) is 7.34. The van der Waals surface area contributed by atoms with Crippen LogP contribution in [0.4, 0.5) is 5.69 Å². The lowest BCUT2D eigenvalue weighted by Gasteiger charge is -2.05. The Kier molecular flexibility index (Phi) is 3.04. The highest BCUT2D eigenvalue weighted by Crippen LogP contribution is 2.37. The summed E-state index contributed by atoms with van der Waals surface area (Å²) < 4.78 is 25.3. The first kappa shape index (κ1) is 14.6. The summed E-state index contributed by atoms with van der Waals surface area (Å²) in [5.74, 6) is -0.0140. The fraction of sp³-hybridized carbons (Fsp3) is 0.0625. The lowest BCUT2D eigenvalue weighted by atomic mass is 10.1. The maximum atomic E-state index is 11.4. The molecule has 0 spiro atoms. The molecular weight excluding hydrogens is 328 g/mol. The van der Waals surface area contributed by atoms with Gasteiger partial charge in [-0.1, -0.05) is 0 Å². The van der Waals surface area contributed by atoms with Gasteiger partial charge in [0, 0.05) is 28.2 Å².